The standard InChI is InChI=1S/C16H17ClO2/c1-11-9-12(7-8-14(11)17)15(18)10-13-5-3-4-6-16(13)19-2/h3-9,15,18H,10H2,1-2H3. The number of para-hydroxylation sites is 1. The second kappa shape index (κ2) is 6.09. The van der Waals surface area contributed by atoms with Crippen LogP contribution in [0.2, 0.25) is 5.02 Å². The molecule has 0 aromatic heterocycles. The summed E-state index contributed by atoms with van der Waals surface area (Å²) < 4.78 is 5.29. The molecule has 0 heterocycles. The highest BCUT2D eigenvalue weighted by molar-refractivity contribution is 6.31. The van der Waals surface area contributed by atoms with Gasteiger partial charge >= 0.3 is 0 Å². The molecule has 1 unspecified atom stereocenters. The van der Waals surface area contributed by atoms with Gasteiger partial charge in [-0.3, -0.25) is 0 Å². The summed E-state index contributed by atoms with van der Waals surface area (Å²) in [7, 11) is 1.64. The van der Waals surface area contributed by atoms with Crippen LogP contribution in [0.15, 0.2) is 42.5 Å². The zero-order chi connectivity index (χ0) is 13.8. The van der Waals surface area contributed by atoms with E-state index in [1.807, 2.05) is 49.4 Å². The van der Waals surface area contributed by atoms with Gasteiger partial charge in [-0.15, -0.1) is 0 Å². The second-order valence-corrected chi connectivity index (χ2v) is 4.95. The van der Waals surface area contributed by atoms with Gasteiger partial charge in [0.05, 0.1) is 13.2 Å². The summed E-state index contributed by atoms with van der Waals surface area (Å²) in [6.45, 7) is 1.93. The van der Waals surface area contributed by atoms with Gasteiger partial charge in [-0.1, -0.05) is 41.9 Å². The number of hydrogen-bond acceptors (Lipinski definition) is 2. The van der Waals surface area contributed by atoms with Crippen LogP contribution < -0.4 is 4.74 Å². The maximum absolute atomic E-state index is 10.3. The lowest BCUT2D eigenvalue weighted by Crippen LogP contribution is -2.03. The first-order chi connectivity index (χ1) is 9.11. The summed E-state index contributed by atoms with van der Waals surface area (Å²) in [4.78, 5) is 0. The van der Waals surface area contributed by atoms with Gasteiger partial charge < -0.3 is 9.84 Å². The fourth-order valence-corrected chi connectivity index (χ4v) is 2.19. The number of rotatable bonds is 4. The lowest BCUT2D eigenvalue weighted by atomic mass is 9.99. The van der Waals surface area contributed by atoms with Crippen molar-refractivity contribution in [2.45, 2.75) is 19.4 Å². The largest absolute Gasteiger partial charge is 0.496 e. The van der Waals surface area contributed by atoms with Gasteiger partial charge in [-0.2, -0.15) is 0 Å². The van der Waals surface area contributed by atoms with Crippen LogP contribution in [0, 0.1) is 6.92 Å². The molecule has 0 aliphatic heterocycles. The van der Waals surface area contributed by atoms with Gasteiger partial charge in [0.2, 0.25) is 0 Å². The minimum absolute atomic E-state index is 0.519. The van der Waals surface area contributed by atoms with Gasteiger partial charge in [0, 0.05) is 11.4 Å². The Balaban J connectivity index is 2.20. The smallest absolute Gasteiger partial charge is 0.122 e. The quantitative estimate of drug-likeness (QED) is 0.917. The molecule has 0 saturated heterocycles. The normalized spacial score (nSPS) is 12.2. The molecule has 1 N–H and O–H groups in total. The van der Waals surface area contributed by atoms with E-state index in [1.165, 1.54) is 0 Å². The number of aliphatic hydroxyl groups excluding tert-OH is 1. The van der Waals surface area contributed by atoms with Crippen molar-refractivity contribution < 1.29 is 9.84 Å². The van der Waals surface area contributed by atoms with Crippen molar-refractivity contribution >= 4 is 11.6 Å². The summed E-state index contributed by atoms with van der Waals surface area (Å²) in [6, 6.07) is 13.3. The minimum atomic E-state index is -0.563. The van der Waals surface area contributed by atoms with Gasteiger partial charge in [0.25, 0.3) is 0 Å². The van der Waals surface area contributed by atoms with Gasteiger partial charge in [-0.25, -0.2) is 0 Å². The minimum Gasteiger partial charge on any atom is -0.496 e. The lowest BCUT2D eigenvalue weighted by Gasteiger charge is -2.14. The van der Waals surface area contributed by atoms with Crippen LogP contribution in [0.25, 0.3) is 0 Å². The average molecular weight is 277 g/mol. The van der Waals surface area contributed by atoms with E-state index in [-0.39, 0.29) is 0 Å². The van der Waals surface area contributed by atoms with Crippen molar-refractivity contribution in [3.05, 3.63) is 64.2 Å². The van der Waals surface area contributed by atoms with Crippen molar-refractivity contribution in [2.75, 3.05) is 7.11 Å². The first kappa shape index (κ1) is 13.9. The van der Waals surface area contributed by atoms with E-state index in [0.29, 0.717) is 11.4 Å². The molecule has 0 radical (unpaired) electrons. The second-order valence-electron chi connectivity index (χ2n) is 4.54. The molecule has 19 heavy (non-hydrogen) atoms. The maximum Gasteiger partial charge on any atom is 0.122 e. The van der Waals surface area contributed by atoms with E-state index >= 15 is 0 Å². The Morgan fingerprint density at radius 2 is 1.95 bits per heavy atom. The molecule has 2 aromatic carbocycles. The highest BCUT2D eigenvalue weighted by Crippen LogP contribution is 2.26. The molecule has 0 amide bonds. The van der Waals surface area contributed by atoms with Crippen molar-refractivity contribution in [2.24, 2.45) is 0 Å². The molecule has 0 fully saturated rings. The first-order valence-electron chi connectivity index (χ1n) is 6.18. The topological polar surface area (TPSA) is 29.5 Å². The van der Waals surface area contributed by atoms with Crippen molar-refractivity contribution in [3.8, 4) is 5.75 Å². The van der Waals surface area contributed by atoms with Crippen LogP contribution in [0.4, 0.5) is 0 Å². The summed E-state index contributed by atoms with van der Waals surface area (Å²) in [5, 5.41) is 11.0. The SMILES string of the molecule is COc1ccccc1CC(O)c1ccc(Cl)c(C)c1. The van der Waals surface area contributed by atoms with Gasteiger partial charge in [0.15, 0.2) is 0 Å². The highest BCUT2D eigenvalue weighted by Gasteiger charge is 2.12. The summed E-state index contributed by atoms with van der Waals surface area (Å²) >= 11 is 5.99. The van der Waals surface area contributed by atoms with Crippen molar-refractivity contribution in [1.29, 1.82) is 0 Å². The molecule has 100 valence electrons. The molecule has 2 aromatic rings. The Kier molecular flexibility index (Phi) is 4.46. The van der Waals surface area contributed by atoms with Crippen molar-refractivity contribution in [3.63, 3.8) is 0 Å². The Morgan fingerprint density at radius 1 is 1.21 bits per heavy atom. The van der Waals surface area contributed by atoms with Crippen LogP contribution in [-0.2, 0) is 6.42 Å². The molecule has 0 saturated carbocycles. The van der Waals surface area contributed by atoms with Crippen molar-refractivity contribution in [1.82, 2.24) is 0 Å². The van der Waals surface area contributed by atoms with E-state index in [1.54, 1.807) is 7.11 Å². The monoisotopic (exact) mass is 276 g/mol. The number of benzene rings is 2. The van der Waals surface area contributed by atoms with E-state index in [4.69, 9.17) is 16.3 Å². The van der Waals surface area contributed by atoms with Crippen LogP contribution in [0.5, 0.6) is 5.75 Å². The predicted molar refractivity (Wildman–Crippen MR) is 77.8 cm³/mol. The first-order valence-corrected chi connectivity index (χ1v) is 6.55. The van der Waals surface area contributed by atoms with Gasteiger partial charge in [-0.05, 0) is 35.7 Å². The Hall–Kier alpha value is -1.51. The van der Waals surface area contributed by atoms with Crippen LogP contribution in [-0.4, -0.2) is 12.2 Å². The Bertz CT molecular complexity index is 566. The molecule has 0 aliphatic carbocycles. The summed E-state index contributed by atoms with van der Waals surface area (Å²) in [5.74, 6) is 0.798. The zero-order valence-electron chi connectivity index (χ0n) is 11.1. The Morgan fingerprint density at radius 3 is 2.63 bits per heavy atom. The van der Waals surface area contributed by atoms with Gasteiger partial charge in [0.1, 0.15) is 5.75 Å². The molecule has 0 bridgehead atoms. The molecule has 0 spiro atoms. The average Bonchev–Trinajstić information content (AvgIpc) is 2.42. The zero-order valence-corrected chi connectivity index (χ0v) is 11.8. The predicted octanol–water partition coefficient (Wildman–Crippen LogP) is 3.93. The fourth-order valence-electron chi connectivity index (χ4n) is 2.07. The van der Waals surface area contributed by atoms with Crippen LogP contribution in [0.3, 0.4) is 0 Å². The molecule has 2 rings (SSSR count). The van der Waals surface area contributed by atoms with E-state index < -0.39 is 6.10 Å². The number of aliphatic hydroxyl groups is 1. The third-order valence-electron chi connectivity index (χ3n) is 3.17. The fraction of sp³-hybridized carbons (Fsp3) is 0.250. The van der Waals surface area contributed by atoms with Crippen LogP contribution >= 0.6 is 11.6 Å². The Labute approximate surface area is 118 Å². The van der Waals surface area contributed by atoms with E-state index in [0.717, 1.165) is 22.4 Å². The third kappa shape index (κ3) is 3.28. The third-order valence-corrected chi connectivity index (χ3v) is 3.60. The van der Waals surface area contributed by atoms with Crippen LogP contribution in [0.1, 0.15) is 22.8 Å². The number of methoxy groups -OCH3 is 1. The number of hydrogen-bond donors (Lipinski definition) is 1. The number of aryl methyl sites for hydroxylation is 1. The number of ether oxygens (including phenoxy) is 1. The molecule has 2 nitrogen and oxygen atoms in total. The molecule has 0 aliphatic rings. The molecule has 1 atom stereocenters. The molecular weight excluding hydrogens is 260 g/mol. The molecular formula is C16H17ClO2. The lowest BCUT2D eigenvalue weighted by molar-refractivity contribution is 0.177. The summed E-state index contributed by atoms with van der Waals surface area (Å²) in [5.41, 5.74) is 2.83. The summed E-state index contributed by atoms with van der Waals surface area (Å²) in [6.07, 6.45) is -0.0438. The maximum atomic E-state index is 10.3. The highest BCUT2D eigenvalue weighted by atomic mass is 35.5. The molecule has 3 heteroatoms. The van der Waals surface area contributed by atoms with E-state index in [2.05, 4.69) is 0 Å². The van der Waals surface area contributed by atoms with E-state index in [9.17, 15) is 5.11 Å². The number of halogens is 1.